The summed E-state index contributed by atoms with van der Waals surface area (Å²) in [5.41, 5.74) is 5.34. The third-order valence-electron chi connectivity index (χ3n) is 3.06. The maximum absolute atomic E-state index is 11.8. The van der Waals surface area contributed by atoms with Crippen LogP contribution < -0.4 is 5.43 Å². The number of carbonyl (C=O) groups excluding carboxylic acids is 1. The summed E-state index contributed by atoms with van der Waals surface area (Å²) in [4.78, 5) is 11.8. The van der Waals surface area contributed by atoms with Gasteiger partial charge in [0, 0.05) is 15.2 Å². The number of nitrogens with zero attached hydrogens (tertiary/aromatic N) is 1. The molecule has 2 rings (SSSR count). The van der Waals surface area contributed by atoms with E-state index in [4.69, 9.17) is 11.6 Å². The standard InChI is InChI=1S/C17H16BrClN2OS/c1-12(13-6-8-15(18)9-7-13)20-21-17(22)11-23-10-14-4-2-3-5-16(14)19/h2-9H,10-11H2,1H3,(H,21,22)/b20-12-. The van der Waals surface area contributed by atoms with Crippen molar-refractivity contribution >= 4 is 50.9 Å². The molecule has 0 aliphatic carbocycles. The minimum absolute atomic E-state index is 0.126. The van der Waals surface area contributed by atoms with Crippen LogP contribution in [0.2, 0.25) is 5.02 Å². The number of nitrogens with one attached hydrogen (secondary N) is 1. The van der Waals surface area contributed by atoms with Gasteiger partial charge in [-0.15, -0.1) is 11.8 Å². The Bertz CT molecular complexity index is 704. The molecule has 0 bridgehead atoms. The van der Waals surface area contributed by atoms with Crippen molar-refractivity contribution in [3.8, 4) is 0 Å². The first-order chi connectivity index (χ1) is 11.1. The molecule has 2 aromatic carbocycles. The van der Waals surface area contributed by atoms with Crippen LogP contribution >= 0.6 is 39.3 Å². The first-order valence-corrected chi connectivity index (χ1v) is 9.29. The Morgan fingerprint density at radius 3 is 2.61 bits per heavy atom. The third kappa shape index (κ3) is 6.01. The Labute approximate surface area is 153 Å². The van der Waals surface area contributed by atoms with Crippen LogP contribution in [0, 0.1) is 0 Å². The van der Waals surface area contributed by atoms with Crippen LogP contribution in [0.5, 0.6) is 0 Å². The van der Waals surface area contributed by atoms with E-state index in [0.29, 0.717) is 11.5 Å². The van der Waals surface area contributed by atoms with Crippen molar-refractivity contribution in [3.63, 3.8) is 0 Å². The molecule has 0 fully saturated rings. The van der Waals surface area contributed by atoms with Gasteiger partial charge < -0.3 is 0 Å². The molecule has 1 amide bonds. The Morgan fingerprint density at radius 1 is 1.22 bits per heavy atom. The summed E-state index contributed by atoms with van der Waals surface area (Å²) in [6.07, 6.45) is 0. The average Bonchev–Trinajstić information content (AvgIpc) is 2.55. The number of rotatable bonds is 6. The van der Waals surface area contributed by atoms with E-state index in [2.05, 4.69) is 26.5 Å². The molecule has 3 nitrogen and oxygen atoms in total. The van der Waals surface area contributed by atoms with Gasteiger partial charge >= 0.3 is 0 Å². The van der Waals surface area contributed by atoms with Gasteiger partial charge in [-0.2, -0.15) is 5.10 Å². The monoisotopic (exact) mass is 410 g/mol. The number of hydrazone groups is 1. The quantitative estimate of drug-likeness (QED) is 0.544. The summed E-state index contributed by atoms with van der Waals surface area (Å²) < 4.78 is 1.01. The van der Waals surface area contributed by atoms with Crippen LogP contribution in [0.15, 0.2) is 58.1 Å². The molecule has 0 aromatic heterocycles. The molecule has 0 spiro atoms. The highest BCUT2D eigenvalue weighted by Gasteiger charge is 2.04. The van der Waals surface area contributed by atoms with E-state index in [1.54, 1.807) is 0 Å². The van der Waals surface area contributed by atoms with E-state index in [1.165, 1.54) is 11.8 Å². The van der Waals surface area contributed by atoms with Gasteiger partial charge in [0.2, 0.25) is 5.91 Å². The van der Waals surface area contributed by atoms with Crippen LogP contribution in [-0.2, 0) is 10.5 Å². The number of hydrogen-bond acceptors (Lipinski definition) is 3. The minimum atomic E-state index is -0.126. The Morgan fingerprint density at radius 2 is 1.91 bits per heavy atom. The fourth-order valence-corrected chi connectivity index (χ4v) is 3.17. The molecular formula is C17H16BrClN2OS. The van der Waals surface area contributed by atoms with Gasteiger partial charge in [-0.1, -0.05) is 57.9 Å². The second-order valence-electron chi connectivity index (χ2n) is 4.82. The number of thioether (sulfide) groups is 1. The Hall–Kier alpha value is -1.30. The van der Waals surface area contributed by atoms with Crippen LogP contribution in [-0.4, -0.2) is 17.4 Å². The van der Waals surface area contributed by atoms with Gasteiger partial charge in [0.15, 0.2) is 0 Å². The Balaban J connectivity index is 1.79. The number of amides is 1. The molecule has 0 atom stereocenters. The molecule has 0 aliphatic heterocycles. The summed E-state index contributed by atoms with van der Waals surface area (Å²) in [7, 11) is 0. The summed E-state index contributed by atoms with van der Waals surface area (Å²) >= 11 is 11.0. The second kappa shape index (κ2) is 9.11. The first kappa shape index (κ1) is 18.0. The van der Waals surface area contributed by atoms with E-state index in [1.807, 2.05) is 55.5 Å². The highest BCUT2D eigenvalue weighted by atomic mass is 79.9. The van der Waals surface area contributed by atoms with E-state index >= 15 is 0 Å². The van der Waals surface area contributed by atoms with Gasteiger partial charge in [0.05, 0.1) is 11.5 Å². The zero-order valence-electron chi connectivity index (χ0n) is 12.6. The van der Waals surface area contributed by atoms with Crippen molar-refractivity contribution in [1.29, 1.82) is 0 Å². The van der Waals surface area contributed by atoms with Crippen LogP contribution in [0.4, 0.5) is 0 Å². The zero-order chi connectivity index (χ0) is 16.7. The molecule has 0 radical (unpaired) electrons. The number of benzene rings is 2. The lowest BCUT2D eigenvalue weighted by Gasteiger charge is -2.05. The minimum Gasteiger partial charge on any atom is -0.272 e. The lowest BCUT2D eigenvalue weighted by Crippen LogP contribution is -2.21. The second-order valence-corrected chi connectivity index (χ2v) is 7.13. The number of carbonyl (C=O) groups is 1. The van der Waals surface area contributed by atoms with Crippen molar-refractivity contribution in [2.75, 3.05) is 5.75 Å². The molecular weight excluding hydrogens is 396 g/mol. The lowest BCUT2D eigenvalue weighted by molar-refractivity contribution is -0.118. The Kier molecular flexibility index (Phi) is 7.15. The van der Waals surface area contributed by atoms with Gasteiger partial charge in [-0.3, -0.25) is 4.79 Å². The molecule has 23 heavy (non-hydrogen) atoms. The molecule has 120 valence electrons. The predicted molar refractivity (Wildman–Crippen MR) is 102 cm³/mol. The van der Waals surface area contributed by atoms with Crippen molar-refractivity contribution in [1.82, 2.24) is 5.43 Å². The molecule has 6 heteroatoms. The van der Waals surface area contributed by atoms with E-state index in [-0.39, 0.29) is 5.91 Å². The normalized spacial score (nSPS) is 11.3. The maximum atomic E-state index is 11.8. The van der Waals surface area contributed by atoms with Gasteiger partial charge in [0.25, 0.3) is 0 Å². The smallest absolute Gasteiger partial charge is 0.250 e. The van der Waals surface area contributed by atoms with Crippen LogP contribution in [0.1, 0.15) is 18.1 Å². The van der Waals surface area contributed by atoms with Gasteiger partial charge in [0.1, 0.15) is 0 Å². The lowest BCUT2D eigenvalue weighted by atomic mass is 10.1. The summed E-state index contributed by atoms with van der Waals surface area (Å²) in [5, 5.41) is 4.86. The predicted octanol–water partition coefficient (Wildman–Crippen LogP) is 4.88. The summed E-state index contributed by atoms with van der Waals surface area (Å²) in [6.45, 7) is 1.86. The largest absolute Gasteiger partial charge is 0.272 e. The van der Waals surface area contributed by atoms with Crippen LogP contribution in [0.3, 0.4) is 0 Å². The number of halogens is 2. The summed E-state index contributed by atoms with van der Waals surface area (Å²) in [6, 6.07) is 15.4. The molecule has 0 saturated heterocycles. The first-order valence-electron chi connectivity index (χ1n) is 6.96. The maximum Gasteiger partial charge on any atom is 0.250 e. The van der Waals surface area contributed by atoms with E-state index in [9.17, 15) is 4.79 Å². The molecule has 0 saturated carbocycles. The zero-order valence-corrected chi connectivity index (χ0v) is 15.7. The highest BCUT2D eigenvalue weighted by Crippen LogP contribution is 2.20. The van der Waals surface area contributed by atoms with Crippen molar-refractivity contribution in [2.24, 2.45) is 5.10 Å². The average molecular weight is 412 g/mol. The van der Waals surface area contributed by atoms with Gasteiger partial charge in [-0.25, -0.2) is 5.43 Å². The topological polar surface area (TPSA) is 41.5 Å². The van der Waals surface area contributed by atoms with Crippen molar-refractivity contribution in [2.45, 2.75) is 12.7 Å². The van der Waals surface area contributed by atoms with Crippen molar-refractivity contribution < 1.29 is 4.79 Å². The van der Waals surface area contributed by atoms with Crippen LogP contribution in [0.25, 0.3) is 0 Å². The van der Waals surface area contributed by atoms with Gasteiger partial charge in [-0.05, 0) is 36.2 Å². The van der Waals surface area contributed by atoms with Crippen molar-refractivity contribution in [3.05, 3.63) is 69.2 Å². The number of hydrogen-bond donors (Lipinski definition) is 1. The molecule has 0 unspecified atom stereocenters. The fourth-order valence-electron chi connectivity index (χ4n) is 1.80. The summed E-state index contributed by atoms with van der Waals surface area (Å²) in [5.74, 6) is 0.906. The van der Waals surface area contributed by atoms with E-state index in [0.717, 1.165) is 26.3 Å². The highest BCUT2D eigenvalue weighted by molar-refractivity contribution is 9.10. The molecule has 0 aliphatic rings. The SMILES string of the molecule is C/C(=N/NC(=O)CSCc1ccccc1Cl)c1ccc(Br)cc1. The molecule has 0 heterocycles. The fraction of sp³-hybridized carbons (Fsp3) is 0.176. The van der Waals surface area contributed by atoms with E-state index < -0.39 is 0 Å². The molecule has 1 N–H and O–H groups in total. The third-order valence-corrected chi connectivity index (χ3v) is 4.94. The molecule has 2 aromatic rings.